The van der Waals surface area contributed by atoms with Crippen molar-refractivity contribution in [2.45, 2.75) is 45.1 Å². The van der Waals surface area contributed by atoms with Gasteiger partial charge < -0.3 is 15.3 Å². The molecule has 0 spiro atoms. The minimum absolute atomic E-state index is 0.0528. The van der Waals surface area contributed by atoms with E-state index in [4.69, 9.17) is 0 Å². The van der Waals surface area contributed by atoms with Crippen molar-refractivity contribution in [1.82, 2.24) is 0 Å². The van der Waals surface area contributed by atoms with Gasteiger partial charge in [-0.1, -0.05) is 6.92 Å². The lowest BCUT2D eigenvalue weighted by Gasteiger charge is -2.36. The zero-order valence-electron chi connectivity index (χ0n) is 11.5. The highest BCUT2D eigenvalue weighted by Gasteiger charge is 2.68. The molecule has 0 aromatic rings. The number of hydrogen-bond donors (Lipinski definition) is 3. The Balaban J connectivity index is 1.93. The highest BCUT2D eigenvalue weighted by molar-refractivity contribution is 5.16. The van der Waals surface area contributed by atoms with Crippen LogP contribution in [0.5, 0.6) is 0 Å². The van der Waals surface area contributed by atoms with Crippen LogP contribution >= 0.6 is 0 Å². The first kappa shape index (κ1) is 12.9. The summed E-state index contributed by atoms with van der Waals surface area (Å²) in [5, 5.41) is 29.9. The van der Waals surface area contributed by atoms with Gasteiger partial charge >= 0.3 is 0 Å². The minimum atomic E-state index is -0.571. The second-order valence-electron chi connectivity index (χ2n) is 7.40. The molecule has 0 bridgehead atoms. The molecule has 0 heterocycles. The molecule has 3 saturated carbocycles. The van der Waals surface area contributed by atoms with E-state index in [1.54, 1.807) is 0 Å². The number of rotatable bonds is 2. The second-order valence-corrected chi connectivity index (χ2v) is 7.40. The standard InChI is InChI=1S/C15H26O3/c1-14(8-17)11-5-6-15(2,18)10-4-3-9(7-16)12(10)13(11)14/h9-13,16-18H,3-8H2,1-2H3. The van der Waals surface area contributed by atoms with E-state index >= 15 is 0 Å². The van der Waals surface area contributed by atoms with Crippen molar-refractivity contribution in [3.05, 3.63) is 0 Å². The van der Waals surface area contributed by atoms with Crippen LogP contribution in [0.25, 0.3) is 0 Å². The number of aliphatic hydroxyl groups is 3. The lowest BCUT2D eigenvalue weighted by Crippen LogP contribution is -2.39. The fourth-order valence-corrected chi connectivity index (χ4v) is 5.36. The number of aliphatic hydroxyl groups excluding tert-OH is 2. The van der Waals surface area contributed by atoms with Gasteiger partial charge in [0.05, 0.1) is 5.60 Å². The molecule has 3 aliphatic rings. The van der Waals surface area contributed by atoms with E-state index in [1.807, 2.05) is 6.92 Å². The molecule has 0 aromatic carbocycles. The molecule has 3 aliphatic carbocycles. The van der Waals surface area contributed by atoms with Gasteiger partial charge in [0.2, 0.25) is 0 Å². The molecule has 18 heavy (non-hydrogen) atoms. The third-order valence-electron chi connectivity index (χ3n) is 6.54. The zero-order valence-corrected chi connectivity index (χ0v) is 11.5. The normalized spacial score (nSPS) is 58.8. The maximum Gasteiger partial charge on any atom is 0.0650 e. The van der Waals surface area contributed by atoms with Crippen molar-refractivity contribution < 1.29 is 15.3 Å². The smallest absolute Gasteiger partial charge is 0.0650 e. The summed E-state index contributed by atoms with van der Waals surface area (Å²) in [4.78, 5) is 0. The molecule has 3 nitrogen and oxygen atoms in total. The maximum atomic E-state index is 10.7. The van der Waals surface area contributed by atoms with Crippen LogP contribution in [0, 0.1) is 35.0 Å². The molecule has 0 aliphatic heterocycles. The van der Waals surface area contributed by atoms with Crippen LogP contribution in [-0.4, -0.2) is 34.1 Å². The average molecular weight is 254 g/mol. The van der Waals surface area contributed by atoms with Gasteiger partial charge in [-0.25, -0.2) is 0 Å². The largest absolute Gasteiger partial charge is 0.396 e. The Kier molecular flexibility index (Phi) is 2.82. The van der Waals surface area contributed by atoms with Gasteiger partial charge in [-0.3, -0.25) is 0 Å². The van der Waals surface area contributed by atoms with Crippen LogP contribution in [-0.2, 0) is 0 Å². The summed E-state index contributed by atoms with van der Waals surface area (Å²) in [6.07, 6.45) is 3.95. The first-order chi connectivity index (χ1) is 8.45. The molecular weight excluding hydrogens is 228 g/mol. The van der Waals surface area contributed by atoms with Crippen LogP contribution in [0.1, 0.15) is 39.5 Å². The predicted octanol–water partition coefficient (Wildman–Crippen LogP) is 1.41. The van der Waals surface area contributed by atoms with Crippen LogP contribution in [0.4, 0.5) is 0 Å². The molecule has 0 radical (unpaired) electrons. The van der Waals surface area contributed by atoms with E-state index in [-0.39, 0.29) is 18.6 Å². The Morgan fingerprint density at radius 1 is 1.06 bits per heavy atom. The highest BCUT2D eigenvalue weighted by Crippen LogP contribution is 2.71. The molecule has 3 heteroatoms. The van der Waals surface area contributed by atoms with Crippen molar-refractivity contribution in [2.24, 2.45) is 35.0 Å². The molecule has 0 saturated heterocycles. The second kappa shape index (κ2) is 3.94. The van der Waals surface area contributed by atoms with Gasteiger partial charge in [0, 0.05) is 13.2 Å². The SMILES string of the molecule is CC1(O)CCC2C(C3C(CO)CCC31)C2(C)CO. The summed E-state index contributed by atoms with van der Waals surface area (Å²) in [7, 11) is 0. The van der Waals surface area contributed by atoms with Gasteiger partial charge in [0.15, 0.2) is 0 Å². The van der Waals surface area contributed by atoms with E-state index in [9.17, 15) is 15.3 Å². The van der Waals surface area contributed by atoms with Gasteiger partial charge in [-0.05, 0) is 67.6 Å². The first-order valence-electron chi connectivity index (χ1n) is 7.40. The molecule has 0 aromatic heterocycles. The van der Waals surface area contributed by atoms with Crippen LogP contribution in [0.3, 0.4) is 0 Å². The summed E-state index contributed by atoms with van der Waals surface area (Å²) in [5.74, 6) is 2.13. The van der Waals surface area contributed by atoms with E-state index in [1.165, 1.54) is 0 Å². The van der Waals surface area contributed by atoms with E-state index in [2.05, 4.69) is 6.92 Å². The van der Waals surface area contributed by atoms with Crippen molar-refractivity contribution in [2.75, 3.05) is 13.2 Å². The van der Waals surface area contributed by atoms with Crippen molar-refractivity contribution in [3.8, 4) is 0 Å². The lowest BCUT2D eigenvalue weighted by molar-refractivity contribution is -0.0361. The van der Waals surface area contributed by atoms with Gasteiger partial charge in [0.1, 0.15) is 0 Å². The van der Waals surface area contributed by atoms with Crippen LogP contribution in [0.2, 0.25) is 0 Å². The maximum absolute atomic E-state index is 10.7. The summed E-state index contributed by atoms with van der Waals surface area (Å²) in [6.45, 7) is 4.66. The summed E-state index contributed by atoms with van der Waals surface area (Å²) >= 11 is 0. The van der Waals surface area contributed by atoms with Crippen molar-refractivity contribution in [3.63, 3.8) is 0 Å². The van der Waals surface area contributed by atoms with E-state index in [0.717, 1.165) is 25.7 Å². The van der Waals surface area contributed by atoms with Crippen LogP contribution < -0.4 is 0 Å². The van der Waals surface area contributed by atoms with Crippen molar-refractivity contribution >= 4 is 0 Å². The average Bonchev–Trinajstić information content (AvgIpc) is 2.75. The molecular formula is C15H26O3. The van der Waals surface area contributed by atoms with Gasteiger partial charge in [-0.15, -0.1) is 0 Å². The Bertz CT molecular complexity index is 341. The number of hydrogen-bond acceptors (Lipinski definition) is 3. The summed E-state index contributed by atoms with van der Waals surface area (Å²) < 4.78 is 0. The third-order valence-corrected chi connectivity index (χ3v) is 6.54. The third kappa shape index (κ3) is 1.53. The summed E-state index contributed by atoms with van der Waals surface area (Å²) in [5.41, 5.74) is -0.518. The van der Waals surface area contributed by atoms with Gasteiger partial charge in [-0.2, -0.15) is 0 Å². The molecule has 7 atom stereocenters. The molecule has 7 unspecified atom stereocenters. The summed E-state index contributed by atoms with van der Waals surface area (Å²) in [6, 6.07) is 0. The predicted molar refractivity (Wildman–Crippen MR) is 68.8 cm³/mol. The Morgan fingerprint density at radius 3 is 2.39 bits per heavy atom. The zero-order chi connectivity index (χ0) is 13.1. The fraction of sp³-hybridized carbons (Fsp3) is 1.00. The fourth-order valence-electron chi connectivity index (χ4n) is 5.36. The molecule has 3 fully saturated rings. The first-order valence-corrected chi connectivity index (χ1v) is 7.40. The number of fused-ring (bicyclic) bond motifs is 3. The molecule has 0 amide bonds. The Morgan fingerprint density at radius 2 is 1.78 bits per heavy atom. The minimum Gasteiger partial charge on any atom is -0.396 e. The molecule has 104 valence electrons. The highest BCUT2D eigenvalue weighted by atomic mass is 16.3. The Hall–Kier alpha value is -0.120. The van der Waals surface area contributed by atoms with E-state index < -0.39 is 5.60 Å². The topological polar surface area (TPSA) is 60.7 Å². The lowest BCUT2D eigenvalue weighted by atomic mass is 9.74. The van der Waals surface area contributed by atoms with E-state index in [0.29, 0.717) is 29.6 Å². The monoisotopic (exact) mass is 254 g/mol. The molecule has 3 rings (SSSR count). The quantitative estimate of drug-likeness (QED) is 0.698. The van der Waals surface area contributed by atoms with Gasteiger partial charge in [0.25, 0.3) is 0 Å². The molecule has 3 N–H and O–H groups in total. The Labute approximate surface area is 109 Å². The van der Waals surface area contributed by atoms with Crippen LogP contribution in [0.15, 0.2) is 0 Å². The van der Waals surface area contributed by atoms with Crippen molar-refractivity contribution in [1.29, 1.82) is 0 Å².